The number of hydrogen-bond acceptors (Lipinski definition) is 3. The van der Waals surface area contributed by atoms with E-state index in [1.807, 2.05) is 0 Å². The summed E-state index contributed by atoms with van der Waals surface area (Å²) < 4.78 is 24.4. The van der Waals surface area contributed by atoms with Crippen molar-refractivity contribution in [3.63, 3.8) is 0 Å². The lowest BCUT2D eigenvalue weighted by Gasteiger charge is -2.17. The minimum atomic E-state index is -0.677. The van der Waals surface area contributed by atoms with Gasteiger partial charge in [-0.3, -0.25) is 0 Å². The average Bonchev–Trinajstić information content (AvgIpc) is 2.46. The van der Waals surface area contributed by atoms with Crippen molar-refractivity contribution in [3.8, 4) is 11.5 Å². The molecule has 0 aliphatic heterocycles. The summed E-state index contributed by atoms with van der Waals surface area (Å²) in [4.78, 5) is 0. The maximum Gasteiger partial charge on any atom is 0.163 e. The van der Waals surface area contributed by atoms with Crippen molar-refractivity contribution < 1.29 is 13.9 Å². The van der Waals surface area contributed by atoms with Crippen LogP contribution in [0.25, 0.3) is 0 Å². The fourth-order valence-electron chi connectivity index (χ4n) is 2.00. The molecule has 2 N–H and O–H groups in total. The molecular weight excluding hydrogens is 281 g/mol. The first-order chi connectivity index (χ1) is 9.58. The second-order valence-corrected chi connectivity index (χ2v) is 4.64. The van der Waals surface area contributed by atoms with Crippen molar-refractivity contribution in [2.24, 2.45) is 5.73 Å². The number of benzene rings is 2. The molecule has 20 heavy (non-hydrogen) atoms. The summed E-state index contributed by atoms with van der Waals surface area (Å²) in [5, 5.41) is 0.495. The van der Waals surface area contributed by atoms with Crippen LogP contribution in [-0.2, 0) is 0 Å². The highest BCUT2D eigenvalue weighted by Gasteiger charge is 2.19. The summed E-state index contributed by atoms with van der Waals surface area (Å²) >= 11 is 6.10. The Morgan fingerprint density at radius 2 is 1.65 bits per heavy atom. The molecule has 2 aromatic carbocycles. The Morgan fingerprint density at radius 1 is 1.05 bits per heavy atom. The number of hydrogen-bond donors (Lipinski definition) is 1. The molecular formula is C15H15ClFNO2. The van der Waals surface area contributed by atoms with E-state index in [-0.39, 0.29) is 0 Å². The van der Waals surface area contributed by atoms with Gasteiger partial charge in [0, 0.05) is 16.7 Å². The topological polar surface area (TPSA) is 44.5 Å². The lowest BCUT2D eigenvalue weighted by atomic mass is 9.98. The minimum Gasteiger partial charge on any atom is -0.493 e. The van der Waals surface area contributed by atoms with Crippen LogP contribution in [0.3, 0.4) is 0 Å². The molecule has 0 bridgehead atoms. The molecule has 0 saturated carbocycles. The first kappa shape index (κ1) is 14.6. The van der Waals surface area contributed by atoms with E-state index in [1.165, 1.54) is 26.4 Å². The van der Waals surface area contributed by atoms with Crippen LogP contribution in [-0.4, -0.2) is 14.2 Å². The molecule has 2 aromatic rings. The van der Waals surface area contributed by atoms with E-state index in [4.69, 9.17) is 26.8 Å². The standard InChI is InChI=1S/C15H15ClFNO2/c1-19-13-7-10(12(17)8-14(13)20-2)15(18)9-5-3-4-6-11(9)16/h3-8,15H,18H2,1-2H3. The van der Waals surface area contributed by atoms with Gasteiger partial charge in [0.15, 0.2) is 11.5 Å². The molecule has 0 saturated heterocycles. The van der Waals surface area contributed by atoms with Crippen molar-refractivity contribution >= 4 is 11.6 Å². The van der Waals surface area contributed by atoms with Gasteiger partial charge in [-0.2, -0.15) is 0 Å². The molecule has 3 nitrogen and oxygen atoms in total. The lowest BCUT2D eigenvalue weighted by molar-refractivity contribution is 0.351. The molecule has 2 rings (SSSR count). The number of rotatable bonds is 4. The second kappa shape index (κ2) is 6.11. The zero-order valence-electron chi connectivity index (χ0n) is 11.2. The van der Waals surface area contributed by atoms with Crippen molar-refractivity contribution in [2.75, 3.05) is 14.2 Å². The molecule has 0 aliphatic rings. The molecule has 0 aliphatic carbocycles. The molecule has 0 spiro atoms. The van der Waals surface area contributed by atoms with Crippen molar-refractivity contribution in [3.05, 3.63) is 58.4 Å². The van der Waals surface area contributed by atoms with Gasteiger partial charge in [-0.05, 0) is 17.7 Å². The molecule has 0 heterocycles. The van der Waals surface area contributed by atoms with Gasteiger partial charge in [-0.1, -0.05) is 29.8 Å². The summed E-state index contributed by atoms with van der Waals surface area (Å²) in [7, 11) is 2.94. The van der Waals surface area contributed by atoms with Gasteiger partial charge in [0.1, 0.15) is 5.82 Å². The predicted molar refractivity (Wildman–Crippen MR) is 77.0 cm³/mol. The summed E-state index contributed by atoms with van der Waals surface area (Å²) in [5.74, 6) is 0.279. The van der Waals surface area contributed by atoms with Gasteiger partial charge < -0.3 is 15.2 Å². The summed E-state index contributed by atoms with van der Waals surface area (Å²) in [6.07, 6.45) is 0. The van der Waals surface area contributed by atoms with Crippen LogP contribution < -0.4 is 15.2 Å². The lowest BCUT2D eigenvalue weighted by Crippen LogP contribution is -2.14. The van der Waals surface area contributed by atoms with E-state index in [1.54, 1.807) is 24.3 Å². The summed E-state index contributed by atoms with van der Waals surface area (Å²) in [6.45, 7) is 0. The smallest absolute Gasteiger partial charge is 0.163 e. The van der Waals surface area contributed by atoms with E-state index < -0.39 is 11.9 Å². The van der Waals surface area contributed by atoms with Crippen LogP contribution >= 0.6 is 11.6 Å². The third kappa shape index (κ3) is 2.71. The van der Waals surface area contributed by atoms with Crippen LogP contribution in [0.1, 0.15) is 17.2 Å². The summed E-state index contributed by atoms with van der Waals surface area (Å²) in [5.41, 5.74) is 7.07. The maximum absolute atomic E-state index is 14.2. The third-order valence-corrected chi connectivity index (χ3v) is 3.42. The van der Waals surface area contributed by atoms with E-state index >= 15 is 0 Å². The number of methoxy groups -OCH3 is 2. The normalized spacial score (nSPS) is 12.1. The van der Waals surface area contributed by atoms with E-state index in [2.05, 4.69) is 0 Å². The van der Waals surface area contributed by atoms with Crippen LogP contribution in [0.4, 0.5) is 4.39 Å². The fraction of sp³-hybridized carbons (Fsp3) is 0.200. The Labute approximate surface area is 122 Å². The predicted octanol–water partition coefficient (Wildman–Crippen LogP) is 3.54. The fourth-order valence-corrected chi connectivity index (χ4v) is 2.26. The van der Waals surface area contributed by atoms with Gasteiger partial charge >= 0.3 is 0 Å². The van der Waals surface area contributed by atoms with Crippen molar-refractivity contribution in [1.82, 2.24) is 0 Å². The SMILES string of the molecule is COc1cc(F)c(C(N)c2ccccc2Cl)cc1OC. The van der Waals surface area contributed by atoms with Crippen LogP contribution in [0, 0.1) is 5.82 Å². The Bertz CT molecular complexity index is 619. The Hall–Kier alpha value is -1.78. The molecule has 0 amide bonds. The zero-order chi connectivity index (χ0) is 14.7. The Balaban J connectivity index is 2.50. The summed E-state index contributed by atoms with van der Waals surface area (Å²) in [6, 6.07) is 9.19. The minimum absolute atomic E-state index is 0.302. The monoisotopic (exact) mass is 295 g/mol. The van der Waals surface area contributed by atoms with E-state index in [9.17, 15) is 4.39 Å². The van der Waals surface area contributed by atoms with Gasteiger partial charge in [-0.15, -0.1) is 0 Å². The van der Waals surface area contributed by atoms with Gasteiger partial charge in [0.05, 0.1) is 20.3 Å². The molecule has 1 atom stereocenters. The highest BCUT2D eigenvalue weighted by Crippen LogP contribution is 2.35. The van der Waals surface area contributed by atoms with Crippen LogP contribution in [0.15, 0.2) is 36.4 Å². The highest BCUT2D eigenvalue weighted by atomic mass is 35.5. The van der Waals surface area contributed by atoms with E-state index in [0.717, 1.165) is 0 Å². The van der Waals surface area contributed by atoms with Gasteiger partial charge in [0.2, 0.25) is 0 Å². The largest absolute Gasteiger partial charge is 0.493 e. The third-order valence-electron chi connectivity index (χ3n) is 3.08. The number of ether oxygens (including phenoxy) is 2. The second-order valence-electron chi connectivity index (χ2n) is 4.23. The Morgan fingerprint density at radius 3 is 2.25 bits per heavy atom. The average molecular weight is 296 g/mol. The molecule has 5 heteroatoms. The van der Waals surface area contributed by atoms with Crippen LogP contribution in [0.2, 0.25) is 5.02 Å². The number of nitrogens with two attached hydrogens (primary N) is 1. The quantitative estimate of drug-likeness (QED) is 0.938. The molecule has 1 unspecified atom stereocenters. The Kier molecular flexibility index (Phi) is 4.47. The maximum atomic E-state index is 14.2. The molecule has 0 fully saturated rings. The van der Waals surface area contributed by atoms with Gasteiger partial charge in [-0.25, -0.2) is 4.39 Å². The highest BCUT2D eigenvalue weighted by molar-refractivity contribution is 6.31. The zero-order valence-corrected chi connectivity index (χ0v) is 11.9. The van der Waals surface area contributed by atoms with Crippen molar-refractivity contribution in [2.45, 2.75) is 6.04 Å². The number of halogens is 2. The molecule has 0 radical (unpaired) electrons. The first-order valence-corrected chi connectivity index (χ1v) is 6.37. The van der Waals surface area contributed by atoms with Gasteiger partial charge in [0.25, 0.3) is 0 Å². The van der Waals surface area contributed by atoms with Crippen molar-refractivity contribution in [1.29, 1.82) is 0 Å². The first-order valence-electron chi connectivity index (χ1n) is 6.00. The van der Waals surface area contributed by atoms with E-state index in [0.29, 0.717) is 27.6 Å². The molecule has 106 valence electrons. The van der Waals surface area contributed by atoms with Crippen LogP contribution in [0.5, 0.6) is 11.5 Å². The molecule has 0 aromatic heterocycles.